The van der Waals surface area contributed by atoms with Crippen molar-refractivity contribution in [2.75, 3.05) is 39.5 Å². The zero-order chi connectivity index (χ0) is 25.5. The summed E-state index contributed by atoms with van der Waals surface area (Å²) in [7, 11) is 5.02. The number of nitrogens with zero attached hydrogens (tertiary/aromatic N) is 5. The first-order chi connectivity index (χ1) is 17.6. The van der Waals surface area contributed by atoms with Crippen molar-refractivity contribution >= 4 is 5.82 Å². The predicted molar refractivity (Wildman–Crippen MR) is 136 cm³/mol. The monoisotopic (exact) mass is 496 g/mol. The van der Waals surface area contributed by atoms with Crippen molar-refractivity contribution in [3.63, 3.8) is 0 Å². The molecule has 0 bridgehead atoms. The van der Waals surface area contributed by atoms with Crippen LogP contribution in [0.5, 0.6) is 11.6 Å². The van der Waals surface area contributed by atoms with Crippen LogP contribution in [0.15, 0.2) is 36.5 Å². The van der Waals surface area contributed by atoms with E-state index < -0.39 is 5.82 Å². The molecule has 0 saturated carbocycles. The molecule has 10 heteroatoms. The Balaban J connectivity index is 1.66. The van der Waals surface area contributed by atoms with Crippen LogP contribution in [0, 0.1) is 5.82 Å². The van der Waals surface area contributed by atoms with Crippen molar-refractivity contribution in [3.8, 4) is 34.0 Å². The molecule has 1 aromatic carbocycles. The average Bonchev–Trinajstić information content (AvgIpc) is 3.34. The molecule has 1 fully saturated rings. The maximum Gasteiger partial charge on any atom is 0.233 e. The van der Waals surface area contributed by atoms with E-state index in [2.05, 4.69) is 37.5 Å². The molecule has 1 aliphatic heterocycles. The largest absolute Gasteiger partial charge is 0.480 e. The van der Waals surface area contributed by atoms with E-state index in [9.17, 15) is 0 Å². The Labute approximate surface area is 211 Å². The fourth-order valence-corrected chi connectivity index (χ4v) is 4.68. The van der Waals surface area contributed by atoms with Gasteiger partial charge in [-0.1, -0.05) is 19.8 Å². The van der Waals surface area contributed by atoms with Crippen LogP contribution < -0.4 is 19.7 Å². The fourth-order valence-electron chi connectivity index (χ4n) is 4.68. The number of anilines is 1. The van der Waals surface area contributed by atoms with E-state index in [-0.39, 0.29) is 12.7 Å². The highest BCUT2D eigenvalue weighted by atomic mass is 19.1. The van der Waals surface area contributed by atoms with E-state index in [1.54, 1.807) is 12.1 Å². The first-order valence-electron chi connectivity index (χ1n) is 12.2. The summed E-state index contributed by atoms with van der Waals surface area (Å²) in [6.45, 7) is 3.13. The van der Waals surface area contributed by atoms with Crippen molar-refractivity contribution < 1.29 is 18.6 Å². The highest BCUT2D eigenvalue weighted by Gasteiger charge is 2.33. The summed E-state index contributed by atoms with van der Waals surface area (Å²) in [6, 6.07) is 9.22. The number of methoxy groups -OCH3 is 2. The lowest BCUT2D eigenvalue weighted by Gasteiger charge is -2.28. The first kappa shape index (κ1) is 25.7. The summed E-state index contributed by atoms with van der Waals surface area (Å²) < 4.78 is 31.3. The molecule has 3 heterocycles. The van der Waals surface area contributed by atoms with Gasteiger partial charge in [-0.3, -0.25) is 0 Å². The van der Waals surface area contributed by atoms with Gasteiger partial charge in [-0.25, -0.2) is 4.39 Å². The van der Waals surface area contributed by atoms with Crippen LogP contribution in [-0.2, 0) is 4.74 Å². The number of rotatable bonds is 11. The van der Waals surface area contributed by atoms with Crippen LogP contribution in [0.3, 0.4) is 0 Å². The minimum absolute atomic E-state index is 0.000205. The Hall–Kier alpha value is -3.37. The molecule has 2 unspecified atom stereocenters. The first-order valence-corrected chi connectivity index (χ1v) is 12.2. The molecular weight excluding hydrogens is 463 g/mol. The number of nitrogens with one attached hydrogen (secondary N) is 1. The predicted octanol–water partition coefficient (Wildman–Crippen LogP) is 4.09. The van der Waals surface area contributed by atoms with Gasteiger partial charge < -0.3 is 24.4 Å². The summed E-state index contributed by atoms with van der Waals surface area (Å²) in [4.78, 5) is 2.32. The third-order valence-corrected chi connectivity index (χ3v) is 6.54. The molecule has 0 spiro atoms. The quantitative estimate of drug-likeness (QED) is 0.394. The van der Waals surface area contributed by atoms with Crippen molar-refractivity contribution in [1.82, 2.24) is 25.7 Å². The maximum atomic E-state index is 15.3. The number of ether oxygens (including phenoxy) is 3. The second-order valence-electron chi connectivity index (χ2n) is 8.73. The van der Waals surface area contributed by atoms with Crippen molar-refractivity contribution in [2.45, 2.75) is 44.7 Å². The van der Waals surface area contributed by atoms with Gasteiger partial charge in [0.2, 0.25) is 5.88 Å². The number of hydrogen-bond acceptors (Lipinski definition) is 9. The maximum absolute atomic E-state index is 15.3. The van der Waals surface area contributed by atoms with Gasteiger partial charge >= 0.3 is 0 Å². The molecule has 9 nitrogen and oxygen atoms in total. The third-order valence-electron chi connectivity index (χ3n) is 6.54. The smallest absolute Gasteiger partial charge is 0.233 e. The molecule has 0 amide bonds. The van der Waals surface area contributed by atoms with Crippen LogP contribution in [0.1, 0.15) is 32.6 Å². The van der Waals surface area contributed by atoms with Gasteiger partial charge in [0.05, 0.1) is 19.0 Å². The van der Waals surface area contributed by atoms with Crippen LogP contribution in [-0.4, -0.2) is 67.1 Å². The van der Waals surface area contributed by atoms with Crippen LogP contribution >= 0.6 is 0 Å². The zero-order valence-corrected chi connectivity index (χ0v) is 21.2. The summed E-state index contributed by atoms with van der Waals surface area (Å²) in [5.41, 5.74) is 1.81. The summed E-state index contributed by atoms with van der Waals surface area (Å²) in [5, 5.41) is 20.2. The molecule has 1 aliphatic rings. The second kappa shape index (κ2) is 12.0. The normalized spacial score (nSPS) is 17.4. The molecule has 3 aromatic rings. The van der Waals surface area contributed by atoms with Crippen molar-refractivity contribution in [3.05, 3.63) is 42.3 Å². The minimum Gasteiger partial charge on any atom is -0.480 e. The fraction of sp³-hybridized carbons (Fsp3) is 0.462. The van der Waals surface area contributed by atoms with E-state index in [0.29, 0.717) is 40.2 Å². The van der Waals surface area contributed by atoms with Gasteiger partial charge in [0.15, 0.2) is 12.6 Å². The average molecular weight is 497 g/mol. The molecule has 36 heavy (non-hydrogen) atoms. The molecule has 4 rings (SSSR count). The van der Waals surface area contributed by atoms with E-state index in [1.165, 1.54) is 26.5 Å². The van der Waals surface area contributed by atoms with Gasteiger partial charge in [-0.2, -0.15) is 5.10 Å². The van der Waals surface area contributed by atoms with Crippen LogP contribution in [0.4, 0.5) is 10.2 Å². The molecule has 192 valence electrons. The Morgan fingerprint density at radius 1 is 1.11 bits per heavy atom. The Kier molecular flexibility index (Phi) is 8.61. The van der Waals surface area contributed by atoms with Gasteiger partial charge in [-0.15, -0.1) is 15.3 Å². The summed E-state index contributed by atoms with van der Waals surface area (Å²) in [5.74, 6) is 1.08. The zero-order valence-electron chi connectivity index (χ0n) is 21.2. The third kappa shape index (κ3) is 5.55. The molecule has 0 aliphatic carbocycles. The second-order valence-corrected chi connectivity index (χ2v) is 8.73. The lowest BCUT2D eigenvalue weighted by molar-refractivity contribution is 0.0515. The Morgan fingerprint density at radius 3 is 2.67 bits per heavy atom. The van der Waals surface area contributed by atoms with Gasteiger partial charge in [0, 0.05) is 48.5 Å². The van der Waals surface area contributed by atoms with E-state index in [1.807, 2.05) is 19.2 Å². The number of aromatic nitrogens is 4. The standard InChI is InChI=1S/C26H33FN6O3/c1-5-6-7-23-22(28-2)10-11-33(23)25-9-8-21(30-31-25)19-13-20(27)18(14-24(19)36-16-34-3)17-12-26(35-4)32-29-15-17/h8-9,12-15,22-23,28H,5-7,10-11,16H2,1-4H3. The van der Waals surface area contributed by atoms with Crippen LogP contribution in [0.25, 0.3) is 22.4 Å². The van der Waals surface area contributed by atoms with Crippen molar-refractivity contribution in [2.24, 2.45) is 0 Å². The van der Waals surface area contributed by atoms with E-state index in [4.69, 9.17) is 14.2 Å². The number of halogens is 1. The minimum atomic E-state index is -0.452. The summed E-state index contributed by atoms with van der Waals surface area (Å²) in [6.07, 6.45) is 5.94. The number of likely N-dealkylation sites (N-methyl/N-ethyl adjacent to an activating group) is 1. The number of unbranched alkanes of at least 4 members (excludes halogenated alkanes) is 1. The van der Waals surface area contributed by atoms with E-state index >= 15 is 4.39 Å². The van der Waals surface area contributed by atoms with Gasteiger partial charge in [-0.05, 0) is 44.2 Å². The van der Waals surface area contributed by atoms with Crippen LogP contribution in [0.2, 0.25) is 0 Å². The molecule has 1 saturated heterocycles. The molecule has 2 aromatic heterocycles. The topological polar surface area (TPSA) is 94.5 Å². The highest BCUT2D eigenvalue weighted by molar-refractivity contribution is 5.75. The number of hydrogen-bond donors (Lipinski definition) is 1. The van der Waals surface area contributed by atoms with Gasteiger partial charge in [0.1, 0.15) is 11.6 Å². The lowest BCUT2D eigenvalue weighted by Crippen LogP contribution is -2.41. The highest BCUT2D eigenvalue weighted by Crippen LogP contribution is 2.37. The molecular formula is C26H33FN6O3. The lowest BCUT2D eigenvalue weighted by atomic mass is 10.0. The van der Waals surface area contributed by atoms with Gasteiger partial charge in [0.25, 0.3) is 0 Å². The number of benzene rings is 1. The molecule has 1 N–H and O–H groups in total. The Bertz CT molecular complexity index is 1150. The van der Waals surface area contributed by atoms with Crippen molar-refractivity contribution in [1.29, 1.82) is 0 Å². The summed E-state index contributed by atoms with van der Waals surface area (Å²) >= 11 is 0. The van der Waals surface area contributed by atoms with E-state index in [0.717, 1.165) is 38.0 Å². The SMILES string of the molecule is CCCCC1C(NC)CCN1c1ccc(-c2cc(F)c(-c3cnnc(OC)c3)cc2OCOC)nn1. The Morgan fingerprint density at radius 2 is 1.97 bits per heavy atom. The molecule has 2 atom stereocenters. The molecule has 0 radical (unpaired) electrons.